The van der Waals surface area contributed by atoms with E-state index >= 15 is 8.78 Å². The standard InChI is InChI=1S/C38H48F2N4O9S/c1-36(2,3)53-31(45)19-25-14-17-37(39,40)16-8-4-5-11-27-21-38(27,34(48)42-54(50,51)29-12-13-29)41-32(46)30-20-28(23-44(30)33(25)47)52-35(49)43-18-15-24-9-6-7-10-26(24)22-43/h4,6-7,9-11,25,27-30H,8,12-23H2,1-3H3,(H,41,46)(H,42,48)/t5?,25-,27-,28-,30+,38-/m1/s1. The molecule has 3 heterocycles. The van der Waals surface area contributed by atoms with E-state index < -0.39 is 112 Å². The Balaban J connectivity index is 1.29. The van der Waals surface area contributed by atoms with E-state index in [1.54, 1.807) is 20.8 Å². The van der Waals surface area contributed by atoms with E-state index in [4.69, 9.17) is 9.47 Å². The van der Waals surface area contributed by atoms with E-state index in [2.05, 4.69) is 15.8 Å². The van der Waals surface area contributed by atoms with Gasteiger partial charge in [-0.2, -0.15) is 0 Å². The van der Waals surface area contributed by atoms with E-state index in [0.29, 0.717) is 32.4 Å². The number of nitrogens with zero attached hydrogens (tertiary/aromatic N) is 2. The molecule has 2 saturated carbocycles. The zero-order valence-corrected chi connectivity index (χ0v) is 31.6. The number of carbonyl (C=O) groups excluding carboxylic acids is 5. The van der Waals surface area contributed by atoms with Crippen LogP contribution in [0.25, 0.3) is 0 Å². The number of carbonyl (C=O) groups is 5. The lowest BCUT2D eigenvalue weighted by molar-refractivity contribution is -0.159. The van der Waals surface area contributed by atoms with Crippen LogP contribution < -0.4 is 10.0 Å². The average Bonchev–Trinajstić information content (AvgIpc) is 4.02. The highest BCUT2D eigenvalue weighted by atomic mass is 32.2. The smallest absolute Gasteiger partial charge is 0.410 e. The molecule has 2 aliphatic carbocycles. The van der Waals surface area contributed by atoms with E-state index in [9.17, 15) is 32.4 Å². The number of fused-ring (bicyclic) bond motifs is 3. The molecule has 0 unspecified atom stereocenters. The van der Waals surface area contributed by atoms with Crippen LogP contribution in [0.15, 0.2) is 42.1 Å². The molecule has 0 aromatic heterocycles. The molecular formula is C38H48F2N4O9S. The number of rotatable bonds is 6. The normalized spacial score (nSPS) is 28.6. The summed E-state index contributed by atoms with van der Waals surface area (Å²) in [6.07, 6.45) is 0.0489. The van der Waals surface area contributed by atoms with Crippen molar-refractivity contribution < 1.29 is 50.6 Å². The summed E-state index contributed by atoms with van der Waals surface area (Å²) in [6, 6.07) is 6.34. The molecule has 16 heteroatoms. The van der Waals surface area contributed by atoms with Crippen molar-refractivity contribution >= 4 is 39.8 Å². The maximum Gasteiger partial charge on any atom is 0.410 e. The first kappa shape index (κ1) is 39.4. The van der Waals surface area contributed by atoms with Crippen LogP contribution in [-0.4, -0.2) is 95.5 Å². The molecule has 2 N–H and O–H groups in total. The molecule has 54 heavy (non-hydrogen) atoms. The second-order valence-electron chi connectivity index (χ2n) is 16.1. The number of amides is 4. The predicted molar refractivity (Wildman–Crippen MR) is 190 cm³/mol. The quantitative estimate of drug-likeness (QED) is 0.322. The second-order valence-corrected chi connectivity index (χ2v) is 18.1. The van der Waals surface area contributed by atoms with Crippen LogP contribution in [0.3, 0.4) is 0 Å². The largest absolute Gasteiger partial charge is 0.460 e. The van der Waals surface area contributed by atoms with E-state index in [1.807, 2.05) is 24.3 Å². The number of sulfonamides is 1. The molecule has 1 saturated heterocycles. The van der Waals surface area contributed by atoms with Crippen LogP contribution in [-0.2, 0) is 51.6 Å². The Hall–Kier alpha value is -4.30. The Morgan fingerprint density at radius 3 is 2.50 bits per heavy atom. The first-order valence-electron chi connectivity index (χ1n) is 18.6. The van der Waals surface area contributed by atoms with Crippen LogP contribution in [0.4, 0.5) is 13.6 Å². The van der Waals surface area contributed by atoms with Gasteiger partial charge >= 0.3 is 12.1 Å². The lowest BCUT2D eigenvalue weighted by Crippen LogP contribution is -2.57. The molecule has 3 fully saturated rings. The molecule has 0 radical (unpaired) electrons. The summed E-state index contributed by atoms with van der Waals surface area (Å²) in [7, 11) is -4.00. The summed E-state index contributed by atoms with van der Waals surface area (Å²) in [5.41, 5.74) is 2.24. The molecule has 5 aliphatic rings. The number of benzene rings is 1. The molecule has 6 rings (SSSR count). The summed E-state index contributed by atoms with van der Waals surface area (Å²) in [6.45, 7) is 5.30. The Bertz CT molecular complexity index is 1850. The number of halogens is 2. The minimum Gasteiger partial charge on any atom is -0.460 e. The van der Waals surface area contributed by atoms with E-state index in [-0.39, 0.29) is 25.8 Å². The Morgan fingerprint density at radius 1 is 1.07 bits per heavy atom. The van der Waals surface area contributed by atoms with E-state index in [0.717, 1.165) is 16.0 Å². The van der Waals surface area contributed by atoms with Crippen molar-refractivity contribution in [1.29, 1.82) is 0 Å². The summed E-state index contributed by atoms with van der Waals surface area (Å²) in [5, 5.41) is 1.99. The summed E-state index contributed by atoms with van der Waals surface area (Å²) < 4.78 is 69.3. The zero-order valence-electron chi connectivity index (χ0n) is 30.8. The van der Waals surface area contributed by atoms with Gasteiger partial charge in [0, 0.05) is 44.2 Å². The predicted octanol–water partition coefficient (Wildman–Crippen LogP) is 3.90. The van der Waals surface area contributed by atoms with Crippen molar-refractivity contribution in [2.45, 2.75) is 126 Å². The van der Waals surface area contributed by atoms with Gasteiger partial charge in [-0.15, -0.1) is 5.73 Å². The van der Waals surface area contributed by atoms with Gasteiger partial charge in [0.1, 0.15) is 23.3 Å². The van der Waals surface area contributed by atoms with Crippen molar-refractivity contribution in [2.24, 2.45) is 11.8 Å². The van der Waals surface area contributed by atoms with Crippen molar-refractivity contribution in [3.05, 3.63) is 53.3 Å². The highest BCUT2D eigenvalue weighted by molar-refractivity contribution is 7.91. The monoisotopic (exact) mass is 774 g/mol. The fraction of sp³-hybridized carbons (Fsp3) is 0.632. The molecule has 4 amide bonds. The third kappa shape index (κ3) is 9.31. The molecule has 5 atom stereocenters. The lowest BCUT2D eigenvalue weighted by Gasteiger charge is -2.30. The van der Waals surface area contributed by atoms with Gasteiger partial charge < -0.3 is 24.6 Å². The Morgan fingerprint density at radius 2 is 1.80 bits per heavy atom. The highest BCUT2D eigenvalue weighted by Gasteiger charge is 2.62. The first-order valence-corrected chi connectivity index (χ1v) is 20.1. The second kappa shape index (κ2) is 15.1. The Labute approximate surface area is 313 Å². The van der Waals surface area contributed by atoms with Crippen LogP contribution >= 0.6 is 0 Å². The van der Waals surface area contributed by atoms with Crippen LogP contribution in [0.5, 0.6) is 0 Å². The van der Waals surface area contributed by atoms with Crippen molar-refractivity contribution in [1.82, 2.24) is 19.8 Å². The molecule has 294 valence electrons. The van der Waals surface area contributed by atoms with Gasteiger partial charge in [0.2, 0.25) is 27.8 Å². The van der Waals surface area contributed by atoms with Gasteiger partial charge in [0.25, 0.3) is 5.91 Å². The number of alkyl halides is 2. The third-order valence-corrected chi connectivity index (χ3v) is 12.4. The first-order chi connectivity index (χ1) is 25.4. The van der Waals surface area contributed by atoms with Crippen LogP contribution in [0.1, 0.15) is 89.7 Å². The summed E-state index contributed by atoms with van der Waals surface area (Å²) in [5.74, 6) is -8.58. The van der Waals surface area contributed by atoms with Crippen molar-refractivity contribution in [3.8, 4) is 0 Å². The fourth-order valence-electron chi connectivity index (χ4n) is 7.37. The lowest BCUT2D eigenvalue weighted by atomic mass is 9.93. The topological polar surface area (TPSA) is 168 Å². The van der Waals surface area contributed by atoms with Crippen LogP contribution in [0, 0.1) is 11.8 Å². The average molecular weight is 775 g/mol. The number of nitrogens with one attached hydrogen (secondary N) is 2. The maximum atomic E-state index is 15.2. The SMILES string of the molecule is CC(C)(C)OC(=O)C[C@H]1CCC(F)(F)CCC=C=C[C@@H]2C[C@@]2(C(=O)NS(=O)(=O)C2CC2)NC(=O)[C@@H]2C[C@@H](OC(=O)N3CCc4ccccc4C3)CN2C1=O. The summed E-state index contributed by atoms with van der Waals surface area (Å²) >= 11 is 0. The van der Waals surface area contributed by atoms with Crippen molar-refractivity contribution in [3.63, 3.8) is 0 Å². The summed E-state index contributed by atoms with van der Waals surface area (Å²) in [4.78, 5) is 71.4. The van der Waals surface area contributed by atoms with Gasteiger partial charge in [0.15, 0.2) is 0 Å². The molecule has 3 aliphatic heterocycles. The molecule has 1 aromatic carbocycles. The molecule has 0 spiro atoms. The fourth-order valence-corrected chi connectivity index (χ4v) is 8.74. The van der Waals surface area contributed by atoms with Crippen molar-refractivity contribution in [2.75, 3.05) is 13.1 Å². The maximum absolute atomic E-state index is 15.2. The van der Waals surface area contributed by atoms with E-state index in [1.165, 1.54) is 17.1 Å². The minimum atomic E-state index is -4.00. The highest BCUT2D eigenvalue weighted by Crippen LogP contribution is 2.46. The number of esters is 1. The minimum absolute atomic E-state index is 0.00144. The Kier molecular flexibility index (Phi) is 11.0. The zero-order chi connectivity index (χ0) is 39.1. The molecule has 1 aromatic rings. The van der Waals surface area contributed by atoms with Gasteiger partial charge in [-0.05, 0) is 82.6 Å². The van der Waals surface area contributed by atoms with Gasteiger partial charge in [0.05, 0.1) is 18.2 Å². The molecular weight excluding hydrogens is 726 g/mol. The number of hydrogen-bond acceptors (Lipinski definition) is 9. The van der Waals surface area contributed by atoms with Crippen LogP contribution in [0.2, 0.25) is 0 Å². The van der Waals surface area contributed by atoms with Gasteiger partial charge in [-0.25, -0.2) is 22.0 Å². The third-order valence-electron chi connectivity index (χ3n) is 10.6. The molecule has 0 bridgehead atoms. The van der Waals surface area contributed by atoms with Gasteiger partial charge in [-0.3, -0.25) is 23.9 Å². The molecule has 13 nitrogen and oxygen atoms in total. The number of hydrogen-bond donors (Lipinski definition) is 2. The number of ether oxygens (including phenoxy) is 2. The van der Waals surface area contributed by atoms with Gasteiger partial charge in [-0.1, -0.05) is 24.3 Å².